The van der Waals surface area contributed by atoms with Crippen molar-refractivity contribution in [2.45, 2.75) is 13.3 Å². The average Bonchev–Trinajstić information content (AvgIpc) is 2.69. The highest BCUT2D eigenvalue weighted by atomic mass is 15.1. The Balaban J connectivity index is 0.00000300. The zero-order valence-corrected chi connectivity index (χ0v) is 17.8. The number of hydrogen-bond acceptors (Lipinski definition) is 3. The van der Waals surface area contributed by atoms with Crippen molar-refractivity contribution >= 4 is 17.1 Å². The number of benzene rings is 3. The van der Waals surface area contributed by atoms with Gasteiger partial charge in [0.2, 0.25) is 0 Å². The van der Waals surface area contributed by atoms with Crippen LogP contribution in [0.5, 0.6) is 0 Å². The van der Waals surface area contributed by atoms with Gasteiger partial charge in [0.15, 0.2) is 0 Å². The lowest BCUT2D eigenvalue weighted by molar-refractivity contribution is 0.971. The molecule has 0 aliphatic heterocycles. The zero-order valence-electron chi connectivity index (χ0n) is 17.8. The maximum Gasteiger partial charge on any atom is 0.0361 e. The lowest BCUT2D eigenvalue weighted by atomic mass is 9.85. The van der Waals surface area contributed by atoms with E-state index in [1.807, 2.05) is 0 Å². The van der Waals surface area contributed by atoms with Crippen molar-refractivity contribution in [3.8, 4) is 0 Å². The molecule has 0 heterocycles. The molecule has 0 saturated carbocycles. The fourth-order valence-electron chi connectivity index (χ4n) is 3.47. The van der Waals surface area contributed by atoms with Crippen LogP contribution < -0.4 is 14.7 Å². The summed E-state index contributed by atoms with van der Waals surface area (Å²) >= 11 is 0. The van der Waals surface area contributed by atoms with Crippen LogP contribution in [0.2, 0.25) is 0 Å². The van der Waals surface area contributed by atoms with Gasteiger partial charge in [0.1, 0.15) is 0 Å². The Labute approximate surface area is 177 Å². The molecule has 0 spiro atoms. The van der Waals surface area contributed by atoms with Gasteiger partial charge in [-0.2, -0.15) is 0 Å². The highest BCUT2D eigenvalue weighted by molar-refractivity contribution is 5.55. The van der Waals surface area contributed by atoms with E-state index in [2.05, 4.69) is 130 Å². The van der Waals surface area contributed by atoms with Crippen LogP contribution in [0.25, 0.3) is 0 Å². The van der Waals surface area contributed by atoms with Crippen LogP contribution in [-0.2, 0) is 0 Å². The van der Waals surface area contributed by atoms with E-state index in [0.29, 0.717) is 0 Å². The third-order valence-corrected chi connectivity index (χ3v) is 5.23. The molecule has 29 heavy (non-hydrogen) atoms. The van der Waals surface area contributed by atoms with Crippen LogP contribution in [0.4, 0.5) is 17.1 Å². The molecule has 154 valence electrons. The molecule has 3 nitrogen and oxygen atoms in total. The summed E-state index contributed by atoms with van der Waals surface area (Å²) in [5, 5.41) is 0. The molecule has 0 aliphatic carbocycles. The van der Waals surface area contributed by atoms with Crippen LogP contribution in [0.3, 0.4) is 0 Å². The normalized spacial score (nSPS) is 10.4. The molecule has 0 radical (unpaired) electrons. The Kier molecular flexibility index (Phi) is 7.33. The summed E-state index contributed by atoms with van der Waals surface area (Å²) in [4.78, 5) is 6.41. The summed E-state index contributed by atoms with van der Waals surface area (Å²) in [5.74, 6) is 0.212. The van der Waals surface area contributed by atoms with E-state index in [9.17, 15) is 0 Å². The number of rotatable bonds is 6. The van der Waals surface area contributed by atoms with Crippen molar-refractivity contribution in [2.24, 2.45) is 0 Å². The fourth-order valence-corrected chi connectivity index (χ4v) is 3.47. The van der Waals surface area contributed by atoms with E-state index in [4.69, 9.17) is 0 Å². The summed E-state index contributed by atoms with van der Waals surface area (Å²) in [7, 11) is 12.5. The second-order valence-electron chi connectivity index (χ2n) is 7.89. The SMILES string of the molecule is C.CN(C)c1ccc(C(c2ccc(N(C)C)cc2)c2ccc(N(C)C)cc2)cc1. The predicted octanol–water partition coefficient (Wildman–Crippen LogP) is 5.70. The minimum Gasteiger partial charge on any atom is -0.378 e. The molecule has 0 aliphatic rings. The van der Waals surface area contributed by atoms with Gasteiger partial charge >= 0.3 is 0 Å². The Morgan fingerprint density at radius 3 is 0.793 bits per heavy atom. The fraction of sp³-hybridized carbons (Fsp3) is 0.308. The topological polar surface area (TPSA) is 9.72 Å². The Hall–Kier alpha value is -2.94. The highest BCUT2D eigenvalue weighted by Gasteiger charge is 2.17. The summed E-state index contributed by atoms with van der Waals surface area (Å²) < 4.78 is 0. The molecule has 0 aromatic heterocycles. The molecule has 0 bridgehead atoms. The minimum atomic E-state index is 0. The first-order valence-corrected chi connectivity index (χ1v) is 9.68. The minimum absolute atomic E-state index is 0. The Morgan fingerprint density at radius 2 is 0.621 bits per heavy atom. The number of anilines is 3. The number of nitrogens with zero attached hydrogens (tertiary/aromatic N) is 3. The second-order valence-corrected chi connectivity index (χ2v) is 7.89. The standard InChI is InChI=1S/C25H31N3.CH4/c1-26(2)22-13-7-19(8-14-22)25(20-9-15-23(16-10-20)27(3)4)21-11-17-24(18-12-21)28(5)6;/h7-18,25H,1-6H3;1H4. The molecule has 3 heteroatoms. The third kappa shape index (κ3) is 5.11. The largest absolute Gasteiger partial charge is 0.378 e. The van der Waals surface area contributed by atoms with Gasteiger partial charge < -0.3 is 14.7 Å². The summed E-state index contributed by atoms with van der Waals surface area (Å²) in [6.45, 7) is 0. The summed E-state index contributed by atoms with van der Waals surface area (Å²) in [6.07, 6.45) is 0. The van der Waals surface area contributed by atoms with Gasteiger partial charge in [0.05, 0.1) is 0 Å². The van der Waals surface area contributed by atoms with Crippen LogP contribution in [-0.4, -0.2) is 42.3 Å². The van der Waals surface area contributed by atoms with E-state index in [1.165, 1.54) is 33.8 Å². The van der Waals surface area contributed by atoms with Crippen molar-refractivity contribution < 1.29 is 0 Å². The van der Waals surface area contributed by atoms with Gasteiger partial charge in [-0.3, -0.25) is 0 Å². The summed E-state index contributed by atoms with van der Waals surface area (Å²) in [5.41, 5.74) is 7.57. The van der Waals surface area contributed by atoms with E-state index in [-0.39, 0.29) is 13.3 Å². The van der Waals surface area contributed by atoms with Gasteiger partial charge in [-0.25, -0.2) is 0 Å². The second kappa shape index (κ2) is 9.51. The number of hydrogen-bond donors (Lipinski definition) is 0. The smallest absolute Gasteiger partial charge is 0.0361 e. The van der Waals surface area contributed by atoms with Gasteiger partial charge in [0.25, 0.3) is 0 Å². The quantitative estimate of drug-likeness (QED) is 0.501. The maximum atomic E-state index is 2.25. The lowest BCUT2D eigenvalue weighted by Crippen LogP contribution is -2.11. The van der Waals surface area contributed by atoms with Crippen molar-refractivity contribution in [2.75, 3.05) is 57.0 Å². The van der Waals surface area contributed by atoms with E-state index in [1.54, 1.807) is 0 Å². The highest BCUT2D eigenvalue weighted by Crippen LogP contribution is 2.34. The first-order chi connectivity index (χ1) is 13.4. The molecule has 0 saturated heterocycles. The first-order valence-electron chi connectivity index (χ1n) is 9.68. The van der Waals surface area contributed by atoms with Gasteiger partial charge in [0, 0.05) is 65.3 Å². The van der Waals surface area contributed by atoms with Crippen LogP contribution >= 0.6 is 0 Å². The van der Waals surface area contributed by atoms with Crippen LogP contribution in [0.1, 0.15) is 30.0 Å². The maximum absolute atomic E-state index is 2.25. The zero-order chi connectivity index (χ0) is 20.3. The Morgan fingerprint density at radius 1 is 0.414 bits per heavy atom. The molecule has 3 aromatic rings. The molecule has 0 N–H and O–H groups in total. The molecule has 0 unspecified atom stereocenters. The van der Waals surface area contributed by atoms with E-state index < -0.39 is 0 Å². The average molecular weight is 390 g/mol. The third-order valence-electron chi connectivity index (χ3n) is 5.23. The van der Waals surface area contributed by atoms with Crippen molar-refractivity contribution in [1.82, 2.24) is 0 Å². The molecule has 0 fully saturated rings. The van der Waals surface area contributed by atoms with Gasteiger partial charge in [-0.1, -0.05) is 43.8 Å². The molecule has 0 atom stereocenters. The van der Waals surface area contributed by atoms with Crippen LogP contribution in [0.15, 0.2) is 72.8 Å². The van der Waals surface area contributed by atoms with Crippen LogP contribution in [0, 0.1) is 0 Å². The lowest BCUT2D eigenvalue weighted by Gasteiger charge is -2.22. The Bertz CT molecular complexity index is 754. The van der Waals surface area contributed by atoms with Crippen molar-refractivity contribution in [3.05, 3.63) is 89.5 Å². The predicted molar refractivity (Wildman–Crippen MR) is 130 cm³/mol. The molecule has 3 rings (SSSR count). The van der Waals surface area contributed by atoms with E-state index >= 15 is 0 Å². The molecule has 0 amide bonds. The molecular weight excluding hydrogens is 354 g/mol. The molecular formula is C26H35N3. The first kappa shape index (κ1) is 22.4. The summed E-state index contributed by atoms with van der Waals surface area (Å²) in [6, 6.07) is 26.7. The van der Waals surface area contributed by atoms with Crippen molar-refractivity contribution in [3.63, 3.8) is 0 Å². The monoisotopic (exact) mass is 389 g/mol. The van der Waals surface area contributed by atoms with Gasteiger partial charge in [-0.15, -0.1) is 0 Å². The van der Waals surface area contributed by atoms with E-state index in [0.717, 1.165) is 0 Å². The van der Waals surface area contributed by atoms with Gasteiger partial charge in [-0.05, 0) is 53.1 Å². The molecule has 3 aromatic carbocycles. The van der Waals surface area contributed by atoms with Crippen molar-refractivity contribution in [1.29, 1.82) is 0 Å².